The number of halogens is 1. The molecule has 1 N–H and O–H groups in total. The van der Waals surface area contributed by atoms with Crippen LogP contribution in [0.15, 0.2) is 24.7 Å². The van der Waals surface area contributed by atoms with Gasteiger partial charge in [-0.15, -0.1) is 0 Å². The zero-order chi connectivity index (χ0) is 10.8. The van der Waals surface area contributed by atoms with E-state index < -0.39 is 11.8 Å². The van der Waals surface area contributed by atoms with E-state index in [4.69, 9.17) is 5.11 Å². The Morgan fingerprint density at radius 1 is 1.40 bits per heavy atom. The lowest BCUT2D eigenvalue weighted by Gasteiger charge is -1.96. The quantitative estimate of drug-likeness (QED) is 0.777. The lowest BCUT2D eigenvalue weighted by atomic mass is 10.5. The first-order chi connectivity index (χ1) is 7.16. The molecule has 6 nitrogen and oxygen atoms in total. The van der Waals surface area contributed by atoms with Crippen LogP contribution in [0.25, 0.3) is 5.95 Å². The highest BCUT2D eigenvalue weighted by Gasteiger charge is 2.08. The van der Waals surface area contributed by atoms with E-state index in [1.165, 1.54) is 12.3 Å². The first-order valence-corrected chi connectivity index (χ1v) is 3.94. The molecule has 2 aromatic heterocycles. The molecule has 0 aliphatic carbocycles. The van der Waals surface area contributed by atoms with Crippen LogP contribution in [-0.4, -0.2) is 30.8 Å². The molecule has 2 heterocycles. The summed E-state index contributed by atoms with van der Waals surface area (Å²) in [5.41, 5.74) is -0.122. The van der Waals surface area contributed by atoms with Crippen molar-refractivity contribution in [2.45, 2.75) is 0 Å². The number of carbonyl (C=O) groups is 1. The molecule has 76 valence electrons. The highest BCUT2D eigenvalue weighted by molar-refractivity contribution is 5.85. The van der Waals surface area contributed by atoms with Gasteiger partial charge in [-0.2, -0.15) is 5.10 Å². The van der Waals surface area contributed by atoms with Crippen LogP contribution in [0, 0.1) is 5.82 Å². The van der Waals surface area contributed by atoms with Crippen LogP contribution in [0.4, 0.5) is 4.39 Å². The average molecular weight is 208 g/mol. The van der Waals surface area contributed by atoms with Gasteiger partial charge >= 0.3 is 5.97 Å². The van der Waals surface area contributed by atoms with Crippen molar-refractivity contribution in [3.05, 3.63) is 36.2 Å². The molecule has 0 saturated heterocycles. The molecule has 7 heteroatoms. The van der Waals surface area contributed by atoms with Crippen molar-refractivity contribution in [2.24, 2.45) is 0 Å². The minimum Gasteiger partial charge on any atom is -0.476 e. The van der Waals surface area contributed by atoms with Crippen LogP contribution in [0.3, 0.4) is 0 Å². The van der Waals surface area contributed by atoms with Crippen LogP contribution in [-0.2, 0) is 0 Å². The summed E-state index contributed by atoms with van der Waals surface area (Å²) < 4.78 is 13.6. The van der Waals surface area contributed by atoms with E-state index in [1.54, 1.807) is 0 Å². The summed E-state index contributed by atoms with van der Waals surface area (Å²) in [6.07, 6.45) is 3.34. The van der Waals surface area contributed by atoms with Gasteiger partial charge in [-0.1, -0.05) is 0 Å². The Kier molecular flexibility index (Phi) is 2.13. The van der Waals surface area contributed by atoms with Gasteiger partial charge in [0.05, 0.1) is 12.4 Å². The smallest absolute Gasteiger partial charge is 0.356 e. The van der Waals surface area contributed by atoms with Gasteiger partial charge in [0.1, 0.15) is 0 Å². The molecule has 0 atom stereocenters. The van der Waals surface area contributed by atoms with Gasteiger partial charge in [0.2, 0.25) is 0 Å². The second kappa shape index (κ2) is 3.45. The maximum absolute atomic E-state index is 12.5. The van der Waals surface area contributed by atoms with Crippen LogP contribution in [0.2, 0.25) is 0 Å². The van der Waals surface area contributed by atoms with Crippen molar-refractivity contribution in [1.29, 1.82) is 0 Å². The van der Waals surface area contributed by atoms with Crippen molar-refractivity contribution in [2.75, 3.05) is 0 Å². The first kappa shape index (κ1) is 9.25. The fourth-order valence-corrected chi connectivity index (χ4v) is 0.973. The monoisotopic (exact) mass is 208 g/mol. The Morgan fingerprint density at radius 2 is 2.07 bits per heavy atom. The number of hydrogen-bond acceptors (Lipinski definition) is 4. The number of carboxylic acid groups (broad SMARTS) is 1. The number of nitrogens with zero attached hydrogens (tertiary/aromatic N) is 4. The van der Waals surface area contributed by atoms with Crippen molar-refractivity contribution in [1.82, 2.24) is 19.7 Å². The lowest BCUT2D eigenvalue weighted by Crippen LogP contribution is -2.04. The lowest BCUT2D eigenvalue weighted by molar-refractivity contribution is 0.0690. The molecular formula is C8H5FN4O2. The van der Waals surface area contributed by atoms with E-state index in [1.807, 2.05) is 0 Å². The van der Waals surface area contributed by atoms with Crippen molar-refractivity contribution < 1.29 is 14.3 Å². The number of rotatable bonds is 2. The van der Waals surface area contributed by atoms with Crippen molar-refractivity contribution >= 4 is 5.97 Å². The number of hydrogen-bond donors (Lipinski definition) is 1. The van der Waals surface area contributed by atoms with Crippen molar-refractivity contribution in [3.63, 3.8) is 0 Å². The van der Waals surface area contributed by atoms with Crippen LogP contribution in [0.5, 0.6) is 0 Å². The third-order valence-corrected chi connectivity index (χ3v) is 1.62. The van der Waals surface area contributed by atoms with Gasteiger partial charge in [-0.05, 0) is 6.07 Å². The molecule has 0 saturated carbocycles. The first-order valence-electron chi connectivity index (χ1n) is 3.94. The minimum absolute atomic E-state index is 0.115. The second-order valence-corrected chi connectivity index (χ2v) is 2.65. The fourth-order valence-electron chi connectivity index (χ4n) is 0.973. The van der Waals surface area contributed by atoms with Crippen molar-refractivity contribution in [3.8, 4) is 5.95 Å². The molecule has 0 fully saturated rings. The highest BCUT2D eigenvalue weighted by atomic mass is 19.1. The van der Waals surface area contributed by atoms with E-state index in [2.05, 4.69) is 15.1 Å². The third-order valence-electron chi connectivity index (χ3n) is 1.62. The maximum atomic E-state index is 12.5. The van der Waals surface area contributed by atoms with Gasteiger partial charge in [-0.25, -0.2) is 23.8 Å². The predicted octanol–water partition coefficient (Wildman–Crippen LogP) is 0.500. The fraction of sp³-hybridized carbons (Fsp3) is 0. The molecule has 0 aliphatic heterocycles. The second-order valence-electron chi connectivity index (χ2n) is 2.65. The van der Waals surface area contributed by atoms with Crippen LogP contribution in [0.1, 0.15) is 10.5 Å². The van der Waals surface area contributed by atoms with Crippen LogP contribution < -0.4 is 0 Å². The van der Waals surface area contributed by atoms with Crippen LogP contribution >= 0.6 is 0 Å². The molecular weight excluding hydrogens is 203 g/mol. The van der Waals surface area contributed by atoms with E-state index in [9.17, 15) is 9.18 Å². The maximum Gasteiger partial charge on any atom is 0.356 e. The van der Waals surface area contributed by atoms with Gasteiger partial charge in [-0.3, -0.25) is 0 Å². The Bertz CT molecular complexity index is 494. The van der Waals surface area contributed by atoms with E-state index in [-0.39, 0.29) is 11.6 Å². The molecule has 2 rings (SSSR count). The Labute approximate surface area is 83.0 Å². The number of aromatic carboxylic acids is 1. The largest absolute Gasteiger partial charge is 0.476 e. The normalized spacial score (nSPS) is 10.2. The summed E-state index contributed by atoms with van der Waals surface area (Å²) in [4.78, 5) is 17.8. The summed E-state index contributed by atoms with van der Waals surface area (Å²) in [6, 6.07) is 1.30. The zero-order valence-corrected chi connectivity index (χ0v) is 7.33. The molecule has 15 heavy (non-hydrogen) atoms. The molecule has 2 aromatic rings. The van der Waals surface area contributed by atoms with E-state index in [0.29, 0.717) is 0 Å². The summed E-state index contributed by atoms with van der Waals surface area (Å²) in [5, 5.41) is 12.3. The summed E-state index contributed by atoms with van der Waals surface area (Å²) >= 11 is 0. The molecule has 0 amide bonds. The average Bonchev–Trinajstić information content (AvgIpc) is 2.68. The minimum atomic E-state index is -1.14. The van der Waals surface area contributed by atoms with Gasteiger partial charge in [0.15, 0.2) is 11.5 Å². The SMILES string of the molecule is O=C(O)c1ccn(-c2ncc(F)cn2)n1. The Morgan fingerprint density at radius 3 is 2.60 bits per heavy atom. The summed E-state index contributed by atoms with van der Waals surface area (Å²) in [6.45, 7) is 0. The topological polar surface area (TPSA) is 80.9 Å². The Hall–Kier alpha value is -2.31. The molecule has 0 unspecified atom stereocenters. The van der Waals surface area contributed by atoms with Gasteiger partial charge in [0, 0.05) is 6.20 Å². The standard InChI is InChI=1S/C8H5FN4O2/c9-5-3-10-8(11-4-5)13-2-1-6(12-13)7(14)15/h1-4H,(H,14,15). The highest BCUT2D eigenvalue weighted by Crippen LogP contribution is 2.02. The zero-order valence-electron chi connectivity index (χ0n) is 7.33. The molecule has 0 spiro atoms. The summed E-state index contributed by atoms with van der Waals surface area (Å²) in [5.74, 6) is -1.59. The predicted molar refractivity (Wildman–Crippen MR) is 46.1 cm³/mol. The Balaban J connectivity index is 2.37. The van der Waals surface area contributed by atoms with Gasteiger partial charge < -0.3 is 5.11 Å². The number of carboxylic acids is 1. The number of aromatic nitrogens is 4. The molecule has 0 aliphatic rings. The molecule has 0 aromatic carbocycles. The van der Waals surface area contributed by atoms with E-state index in [0.717, 1.165) is 17.1 Å². The van der Waals surface area contributed by atoms with Gasteiger partial charge in [0.25, 0.3) is 5.95 Å². The summed E-state index contributed by atoms with van der Waals surface area (Å²) in [7, 11) is 0. The molecule has 0 radical (unpaired) electrons. The third kappa shape index (κ3) is 1.80. The van der Waals surface area contributed by atoms with E-state index >= 15 is 0 Å². The molecule has 0 bridgehead atoms.